The minimum Gasteiger partial charge on any atom is -0.367 e. The average molecular weight is 276 g/mol. The van der Waals surface area contributed by atoms with Crippen molar-refractivity contribution in [3.63, 3.8) is 0 Å². The first-order valence-corrected chi connectivity index (χ1v) is 6.95. The van der Waals surface area contributed by atoms with Gasteiger partial charge >= 0.3 is 0 Å². The summed E-state index contributed by atoms with van der Waals surface area (Å²) >= 11 is 0. The molecule has 0 aliphatic rings. The highest BCUT2D eigenvalue weighted by Gasteiger charge is 2.08. The Hall–Kier alpha value is -1.88. The fourth-order valence-electron chi connectivity index (χ4n) is 2.11. The fraction of sp³-hybridized carbons (Fsp3) is 0.400. The maximum absolute atomic E-state index is 13.0. The lowest BCUT2D eigenvalue weighted by molar-refractivity contribution is 0.627. The lowest BCUT2D eigenvalue weighted by atomic mass is 10.2. The lowest BCUT2D eigenvalue weighted by Crippen LogP contribution is -2.25. The van der Waals surface area contributed by atoms with E-state index < -0.39 is 0 Å². The molecule has 0 radical (unpaired) electrons. The molecule has 0 fully saturated rings. The second-order valence-corrected chi connectivity index (χ2v) is 4.74. The zero-order valence-corrected chi connectivity index (χ0v) is 11.8. The van der Waals surface area contributed by atoms with E-state index in [0.29, 0.717) is 6.54 Å². The second-order valence-electron chi connectivity index (χ2n) is 4.74. The Bertz CT molecular complexity index is 521. The lowest BCUT2D eigenvalue weighted by Gasteiger charge is -2.24. The summed E-state index contributed by atoms with van der Waals surface area (Å²) in [6.45, 7) is 5.17. The topological polar surface area (TPSA) is 47.1 Å². The summed E-state index contributed by atoms with van der Waals surface area (Å²) in [6.07, 6.45) is 4.82. The fourth-order valence-corrected chi connectivity index (χ4v) is 2.11. The molecule has 108 valence electrons. The van der Waals surface area contributed by atoms with Crippen molar-refractivity contribution in [1.29, 1.82) is 0 Å². The highest BCUT2D eigenvalue weighted by molar-refractivity contribution is 5.46. The van der Waals surface area contributed by atoms with E-state index in [4.69, 9.17) is 5.73 Å². The number of aryl methyl sites for hydroxylation is 1. The summed E-state index contributed by atoms with van der Waals surface area (Å²) in [7, 11) is 0. The van der Waals surface area contributed by atoms with E-state index in [9.17, 15) is 4.39 Å². The summed E-state index contributed by atoms with van der Waals surface area (Å²) in [5.74, 6) is -0.216. The number of rotatable bonds is 7. The summed E-state index contributed by atoms with van der Waals surface area (Å²) in [6, 6.07) is 6.58. The van der Waals surface area contributed by atoms with Crippen LogP contribution in [-0.4, -0.2) is 22.9 Å². The molecule has 1 aromatic heterocycles. The number of hydrogen-bond donors (Lipinski definition) is 1. The Morgan fingerprint density at radius 3 is 2.65 bits per heavy atom. The zero-order chi connectivity index (χ0) is 14.4. The van der Waals surface area contributed by atoms with Crippen molar-refractivity contribution in [1.82, 2.24) is 9.78 Å². The largest absolute Gasteiger partial charge is 0.367 e. The van der Waals surface area contributed by atoms with Crippen molar-refractivity contribution in [3.05, 3.63) is 48.0 Å². The standard InChI is InChI=1S/C15H21FN4/c1-2-20-12-13(10-18-20)11-19(9-3-8-17)15-6-4-14(16)5-7-15/h4-7,10,12H,2-3,8-9,11,17H2,1H3. The second kappa shape index (κ2) is 7.05. The van der Waals surface area contributed by atoms with Crippen molar-refractivity contribution in [3.8, 4) is 0 Å². The molecule has 0 aliphatic carbocycles. The van der Waals surface area contributed by atoms with Crippen LogP contribution >= 0.6 is 0 Å². The molecule has 1 heterocycles. The minimum atomic E-state index is -0.216. The number of benzene rings is 1. The Labute approximate surface area is 119 Å². The number of hydrogen-bond acceptors (Lipinski definition) is 3. The van der Waals surface area contributed by atoms with Crippen LogP contribution in [-0.2, 0) is 13.1 Å². The molecule has 0 bridgehead atoms. The van der Waals surface area contributed by atoms with Crippen LogP contribution in [0.25, 0.3) is 0 Å². The van der Waals surface area contributed by atoms with Crippen LogP contribution in [0.1, 0.15) is 18.9 Å². The highest BCUT2D eigenvalue weighted by atomic mass is 19.1. The van der Waals surface area contributed by atoms with E-state index in [1.807, 2.05) is 17.1 Å². The third-order valence-corrected chi connectivity index (χ3v) is 3.21. The van der Waals surface area contributed by atoms with Crippen molar-refractivity contribution in [2.24, 2.45) is 5.73 Å². The van der Waals surface area contributed by atoms with E-state index in [0.717, 1.165) is 37.3 Å². The third kappa shape index (κ3) is 3.81. The first kappa shape index (κ1) is 14.5. The molecule has 0 amide bonds. The molecule has 20 heavy (non-hydrogen) atoms. The molecule has 0 saturated carbocycles. The van der Waals surface area contributed by atoms with E-state index >= 15 is 0 Å². The molecular weight excluding hydrogens is 255 g/mol. The van der Waals surface area contributed by atoms with Gasteiger partial charge in [-0.1, -0.05) is 0 Å². The molecule has 5 heteroatoms. The Balaban J connectivity index is 2.12. The van der Waals surface area contributed by atoms with E-state index in [-0.39, 0.29) is 5.82 Å². The SMILES string of the molecule is CCn1cc(CN(CCCN)c2ccc(F)cc2)cn1. The van der Waals surface area contributed by atoms with Gasteiger partial charge in [0.15, 0.2) is 0 Å². The smallest absolute Gasteiger partial charge is 0.123 e. The van der Waals surface area contributed by atoms with Crippen molar-refractivity contribution in [2.75, 3.05) is 18.0 Å². The maximum Gasteiger partial charge on any atom is 0.123 e. The molecule has 0 saturated heterocycles. The molecule has 1 aromatic carbocycles. The Kier molecular flexibility index (Phi) is 5.12. The average Bonchev–Trinajstić information content (AvgIpc) is 2.92. The van der Waals surface area contributed by atoms with Gasteiger partial charge in [0.1, 0.15) is 5.82 Å². The predicted molar refractivity (Wildman–Crippen MR) is 79.0 cm³/mol. The van der Waals surface area contributed by atoms with Gasteiger partial charge in [-0.05, 0) is 44.2 Å². The minimum absolute atomic E-state index is 0.216. The first-order valence-electron chi connectivity index (χ1n) is 6.95. The first-order chi connectivity index (χ1) is 9.72. The molecule has 2 aromatic rings. The third-order valence-electron chi connectivity index (χ3n) is 3.21. The number of aromatic nitrogens is 2. The molecule has 0 spiro atoms. The van der Waals surface area contributed by atoms with Gasteiger partial charge in [-0.3, -0.25) is 4.68 Å². The van der Waals surface area contributed by atoms with Gasteiger partial charge in [-0.15, -0.1) is 0 Å². The van der Waals surface area contributed by atoms with E-state index in [1.54, 1.807) is 12.1 Å². The van der Waals surface area contributed by atoms with Gasteiger partial charge in [0.05, 0.1) is 6.20 Å². The molecular formula is C15H21FN4. The number of anilines is 1. The summed E-state index contributed by atoms with van der Waals surface area (Å²) in [5, 5.41) is 4.28. The summed E-state index contributed by atoms with van der Waals surface area (Å²) in [5.41, 5.74) is 7.75. The van der Waals surface area contributed by atoms with Crippen LogP contribution in [0, 0.1) is 5.82 Å². The van der Waals surface area contributed by atoms with Crippen LogP contribution in [0.3, 0.4) is 0 Å². The molecule has 2 N–H and O–H groups in total. The normalized spacial score (nSPS) is 10.8. The van der Waals surface area contributed by atoms with Gasteiger partial charge in [-0.2, -0.15) is 5.10 Å². The van der Waals surface area contributed by atoms with E-state index in [2.05, 4.69) is 16.9 Å². The van der Waals surface area contributed by atoms with Gasteiger partial charge in [-0.25, -0.2) is 4.39 Å². The zero-order valence-electron chi connectivity index (χ0n) is 11.8. The number of nitrogens with zero attached hydrogens (tertiary/aromatic N) is 3. The summed E-state index contributed by atoms with van der Waals surface area (Å²) < 4.78 is 14.9. The van der Waals surface area contributed by atoms with Gasteiger partial charge in [0.25, 0.3) is 0 Å². The summed E-state index contributed by atoms with van der Waals surface area (Å²) in [4.78, 5) is 2.20. The van der Waals surface area contributed by atoms with Crippen LogP contribution in [0.4, 0.5) is 10.1 Å². The molecule has 2 rings (SSSR count). The van der Waals surface area contributed by atoms with Crippen molar-refractivity contribution < 1.29 is 4.39 Å². The predicted octanol–water partition coefficient (Wildman–Crippen LogP) is 2.40. The number of nitrogens with two attached hydrogens (primary N) is 1. The maximum atomic E-state index is 13.0. The quantitative estimate of drug-likeness (QED) is 0.844. The van der Waals surface area contributed by atoms with Gasteiger partial charge in [0.2, 0.25) is 0 Å². The van der Waals surface area contributed by atoms with Crippen LogP contribution in [0.2, 0.25) is 0 Å². The Morgan fingerprint density at radius 2 is 2.05 bits per heavy atom. The van der Waals surface area contributed by atoms with E-state index in [1.165, 1.54) is 12.1 Å². The monoisotopic (exact) mass is 276 g/mol. The molecule has 0 unspecified atom stereocenters. The van der Waals surface area contributed by atoms with Crippen molar-refractivity contribution in [2.45, 2.75) is 26.4 Å². The van der Waals surface area contributed by atoms with Crippen LogP contribution < -0.4 is 10.6 Å². The van der Waals surface area contributed by atoms with Crippen LogP contribution in [0.5, 0.6) is 0 Å². The molecule has 0 atom stereocenters. The highest BCUT2D eigenvalue weighted by Crippen LogP contribution is 2.18. The molecule has 4 nitrogen and oxygen atoms in total. The molecule has 0 aliphatic heterocycles. The number of halogens is 1. The Morgan fingerprint density at radius 1 is 1.30 bits per heavy atom. The van der Waals surface area contributed by atoms with Crippen molar-refractivity contribution >= 4 is 5.69 Å². The van der Waals surface area contributed by atoms with Gasteiger partial charge < -0.3 is 10.6 Å². The van der Waals surface area contributed by atoms with Gasteiger partial charge in [0, 0.05) is 37.1 Å². The van der Waals surface area contributed by atoms with Crippen LogP contribution in [0.15, 0.2) is 36.7 Å².